The minimum Gasteiger partial charge on any atom is -0.494 e. The van der Waals surface area contributed by atoms with Gasteiger partial charge in [0.15, 0.2) is 0 Å². The summed E-state index contributed by atoms with van der Waals surface area (Å²) in [7, 11) is 1.71. The van der Waals surface area contributed by atoms with Crippen LogP contribution < -0.4 is 15.0 Å². The van der Waals surface area contributed by atoms with Crippen LogP contribution in [-0.4, -0.2) is 88.4 Å². The normalized spacial score (nSPS) is 21.8. The lowest BCUT2D eigenvalue weighted by Crippen LogP contribution is -2.61. The first-order chi connectivity index (χ1) is 22.2. The minimum absolute atomic E-state index is 0.197. The molecule has 4 fully saturated rings. The molecule has 2 aromatic carbocycles. The van der Waals surface area contributed by atoms with Gasteiger partial charge in [0.25, 0.3) is 0 Å². The van der Waals surface area contributed by atoms with Crippen molar-refractivity contribution < 1.29 is 14.3 Å². The Labute approximate surface area is 270 Å². The molecule has 10 nitrogen and oxygen atoms in total. The largest absolute Gasteiger partial charge is 0.494 e. The number of carbonyl (C=O) groups excluding carboxylic acids is 1. The van der Waals surface area contributed by atoms with Gasteiger partial charge in [-0.05, 0) is 69.7 Å². The van der Waals surface area contributed by atoms with E-state index >= 15 is 0 Å². The van der Waals surface area contributed by atoms with E-state index in [1.54, 1.807) is 7.11 Å². The van der Waals surface area contributed by atoms with Crippen molar-refractivity contribution in [2.24, 2.45) is 11.8 Å². The number of carbonyl (C=O) groups is 1. The van der Waals surface area contributed by atoms with Gasteiger partial charge in [0.1, 0.15) is 11.4 Å². The van der Waals surface area contributed by atoms with E-state index in [4.69, 9.17) is 14.5 Å². The van der Waals surface area contributed by atoms with Gasteiger partial charge in [0.05, 0.1) is 18.5 Å². The lowest BCUT2D eigenvalue weighted by Gasteiger charge is -2.44. The third kappa shape index (κ3) is 5.53. The first-order valence-corrected chi connectivity index (χ1v) is 16.6. The summed E-state index contributed by atoms with van der Waals surface area (Å²) in [5, 5.41) is 4.64. The van der Waals surface area contributed by atoms with Gasteiger partial charge in [-0.15, -0.1) is 0 Å². The number of nitrogens with one attached hydrogen (secondary N) is 1. The Morgan fingerprint density at radius 2 is 1.70 bits per heavy atom. The SMILES string of the molecule is COc1cc(N2CC3CN(C4CN(C(=O)OC(C)(C)C)C4)CC3C2)ccc1Nc1nccc(-c2cn(C3CC3)c3ccccc23)n1. The lowest BCUT2D eigenvalue weighted by molar-refractivity contribution is -0.0122. The number of rotatable bonds is 7. The van der Waals surface area contributed by atoms with E-state index < -0.39 is 5.60 Å². The maximum Gasteiger partial charge on any atom is 0.410 e. The Hall–Kier alpha value is -4.31. The molecule has 10 heteroatoms. The molecule has 240 valence electrons. The number of benzene rings is 2. The van der Waals surface area contributed by atoms with Gasteiger partial charge in [-0.1, -0.05) is 18.2 Å². The lowest BCUT2D eigenvalue weighted by atomic mass is 10.0. The molecule has 1 aliphatic carbocycles. The summed E-state index contributed by atoms with van der Waals surface area (Å²) >= 11 is 0. The third-order valence-corrected chi connectivity index (χ3v) is 9.95. The highest BCUT2D eigenvalue weighted by Crippen LogP contribution is 2.42. The van der Waals surface area contributed by atoms with Crippen molar-refractivity contribution in [3.05, 3.63) is 60.9 Å². The quantitative estimate of drug-likeness (QED) is 0.262. The van der Waals surface area contributed by atoms with Gasteiger partial charge < -0.3 is 29.2 Å². The predicted molar refractivity (Wildman–Crippen MR) is 180 cm³/mol. The van der Waals surface area contributed by atoms with Crippen LogP contribution in [0, 0.1) is 11.8 Å². The van der Waals surface area contributed by atoms with Crippen molar-refractivity contribution in [1.82, 2.24) is 24.3 Å². The summed E-state index contributed by atoms with van der Waals surface area (Å²) in [6.45, 7) is 11.5. The fraction of sp³-hybridized carbons (Fsp3) is 0.472. The Morgan fingerprint density at radius 1 is 0.935 bits per heavy atom. The van der Waals surface area contributed by atoms with Gasteiger partial charge in [-0.3, -0.25) is 4.90 Å². The zero-order chi connectivity index (χ0) is 31.6. The standard InChI is InChI=1S/C36H43N7O3/c1-36(2,3)46-35(44)42-20-27(21-42)41-18-23-16-40(17-24(23)19-41)26-11-12-31(33(15-26)45-4)39-34-37-14-13-30(38-34)29-22-43(25-9-10-25)32-8-6-5-7-28(29)32/h5-8,11-15,22-25,27H,9-10,16-21H2,1-4H3,(H,37,38,39). The van der Waals surface area contributed by atoms with Crippen LogP contribution in [0.2, 0.25) is 0 Å². The highest BCUT2D eigenvalue weighted by molar-refractivity contribution is 5.95. The van der Waals surface area contributed by atoms with E-state index in [1.807, 2.05) is 37.9 Å². The number of likely N-dealkylation sites (tertiary alicyclic amines) is 2. The second-order valence-corrected chi connectivity index (χ2v) is 14.4. The zero-order valence-electron chi connectivity index (χ0n) is 27.1. The van der Waals surface area contributed by atoms with Crippen LogP contribution in [0.15, 0.2) is 60.9 Å². The average Bonchev–Trinajstić information content (AvgIpc) is 3.49. The first-order valence-electron chi connectivity index (χ1n) is 16.6. The van der Waals surface area contributed by atoms with E-state index in [-0.39, 0.29) is 6.09 Å². The number of anilines is 3. The molecule has 1 saturated carbocycles. The molecule has 0 bridgehead atoms. The Balaban J connectivity index is 0.914. The molecular formula is C36H43N7O3. The molecule has 1 amide bonds. The summed E-state index contributed by atoms with van der Waals surface area (Å²) in [5.74, 6) is 2.57. The molecule has 0 radical (unpaired) electrons. The van der Waals surface area contributed by atoms with E-state index in [1.165, 1.54) is 29.4 Å². The number of para-hydroxylation sites is 1. The van der Waals surface area contributed by atoms with Gasteiger partial charge >= 0.3 is 6.09 Å². The van der Waals surface area contributed by atoms with Crippen LogP contribution >= 0.6 is 0 Å². The monoisotopic (exact) mass is 621 g/mol. The number of methoxy groups -OCH3 is 1. The van der Waals surface area contributed by atoms with Crippen molar-refractivity contribution in [1.29, 1.82) is 0 Å². The maximum absolute atomic E-state index is 12.4. The van der Waals surface area contributed by atoms with Crippen LogP contribution in [0.1, 0.15) is 39.7 Å². The number of ether oxygens (including phenoxy) is 2. The number of aromatic nitrogens is 3. The van der Waals surface area contributed by atoms with E-state index in [2.05, 4.69) is 73.3 Å². The van der Waals surface area contributed by atoms with Gasteiger partial charge in [0, 0.05) is 92.0 Å². The van der Waals surface area contributed by atoms with Gasteiger partial charge in [0.2, 0.25) is 5.95 Å². The summed E-state index contributed by atoms with van der Waals surface area (Å²) in [4.78, 5) is 28.7. The van der Waals surface area contributed by atoms with Crippen molar-refractivity contribution in [3.8, 4) is 17.0 Å². The van der Waals surface area contributed by atoms with Crippen LogP contribution in [0.3, 0.4) is 0 Å². The summed E-state index contributed by atoms with van der Waals surface area (Å²) in [6, 6.07) is 18.0. The molecule has 3 aliphatic heterocycles. The molecule has 8 rings (SSSR count). The van der Waals surface area contributed by atoms with Crippen LogP contribution in [0.5, 0.6) is 5.75 Å². The Bertz CT molecular complexity index is 1760. The minimum atomic E-state index is -0.454. The predicted octanol–water partition coefficient (Wildman–Crippen LogP) is 6.17. The molecule has 4 aliphatic rings. The molecule has 1 N–H and O–H groups in total. The molecule has 2 atom stereocenters. The molecule has 0 spiro atoms. The molecule has 3 saturated heterocycles. The van der Waals surface area contributed by atoms with E-state index in [0.29, 0.717) is 29.9 Å². The number of hydrogen-bond donors (Lipinski definition) is 1. The maximum atomic E-state index is 12.4. The summed E-state index contributed by atoms with van der Waals surface area (Å²) in [6.07, 6.45) is 6.34. The highest BCUT2D eigenvalue weighted by Gasteiger charge is 2.46. The Kier molecular flexibility index (Phi) is 7.08. The average molecular weight is 622 g/mol. The first kappa shape index (κ1) is 29.1. The fourth-order valence-corrected chi connectivity index (χ4v) is 7.43. The fourth-order valence-electron chi connectivity index (χ4n) is 7.43. The second kappa shape index (κ2) is 11.2. The molecule has 2 aromatic heterocycles. The number of hydrogen-bond acceptors (Lipinski definition) is 8. The molecule has 5 heterocycles. The van der Waals surface area contributed by atoms with Gasteiger partial charge in [-0.25, -0.2) is 14.8 Å². The molecule has 4 aromatic rings. The van der Waals surface area contributed by atoms with E-state index in [0.717, 1.165) is 62.0 Å². The van der Waals surface area contributed by atoms with Crippen molar-refractivity contribution in [2.45, 2.75) is 51.3 Å². The van der Waals surface area contributed by atoms with Crippen molar-refractivity contribution in [2.75, 3.05) is 56.6 Å². The second-order valence-electron chi connectivity index (χ2n) is 14.4. The van der Waals surface area contributed by atoms with E-state index in [9.17, 15) is 4.79 Å². The third-order valence-electron chi connectivity index (χ3n) is 9.95. The Morgan fingerprint density at radius 3 is 2.41 bits per heavy atom. The topological polar surface area (TPSA) is 88.0 Å². The number of amides is 1. The van der Waals surface area contributed by atoms with Crippen molar-refractivity contribution >= 4 is 34.3 Å². The van der Waals surface area contributed by atoms with Gasteiger partial charge in [-0.2, -0.15) is 0 Å². The molecular weight excluding hydrogens is 578 g/mol. The molecule has 2 unspecified atom stereocenters. The highest BCUT2D eigenvalue weighted by atomic mass is 16.6. The smallest absolute Gasteiger partial charge is 0.410 e. The van der Waals surface area contributed by atoms with Crippen molar-refractivity contribution in [3.63, 3.8) is 0 Å². The van der Waals surface area contributed by atoms with Crippen LogP contribution in [0.4, 0.5) is 22.1 Å². The zero-order valence-corrected chi connectivity index (χ0v) is 27.1. The number of nitrogens with zero attached hydrogens (tertiary/aromatic N) is 6. The summed E-state index contributed by atoms with van der Waals surface area (Å²) in [5.41, 5.74) is 4.85. The molecule has 46 heavy (non-hydrogen) atoms. The number of fused-ring (bicyclic) bond motifs is 2. The van der Waals surface area contributed by atoms with Crippen LogP contribution in [0.25, 0.3) is 22.2 Å². The summed E-state index contributed by atoms with van der Waals surface area (Å²) < 4.78 is 13.8. The van der Waals surface area contributed by atoms with Crippen LogP contribution in [-0.2, 0) is 4.74 Å².